The van der Waals surface area contributed by atoms with E-state index < -0.39 is 18.2 Å². The Labute approximate surface area is 329 Å². The van der Waals surface area contributed by atoms with Gasteiger partial charge in [0, 0.05) is 6.42 Å². The predicted molar refractivity (Wildman–Crippen MR) is 227 cm³/mol. The van der Waals surface area contributed by atoms with Gasteiger partial charge in [-0.05, 0) is 70.6 Å². The summed E-state index contributed by atoms with van der Waals surface area (Å²) in [7, 11) is 0. The maximum Gasteiger partial charge on any atom is 0.306 e. The zero-order valence-electron chi connectivity index (χ0n) is 35.4. The molecule has 0 spiro atoms. The van der Waals surface area contributed by atoms with E-state index >= 15 is 0 Å². The molecule has 0 aromatic heterocycles. The quantitative estimate of drug-likeness (QED) is 0.0329. The first-order chi connectivity index (χ1) is 26.0. The molecule has 0 aromatic carbocycles. The van der Waals surface area contributed by atoms with Crippen molar-refractivity contribution in [2.45, 2.75) is 257 Å². The maximum atomic E-state index is 13.1. The molecule has 0 aromatic rings. The Kier molecular flexibility index (Phi) is 40.2. The molecule has 0 saturated heterocycles. The first-order valence-corrected chi connectivity index (χ1v) is 23.1. The lowest BCUT2D eigenvalue weighted by molar-refractivity contribution is -0.151. The second-order valence-electron chi connectivity index (χ2n) is 15.8. The van der Waals surface area contributed by atoms with Gasteiger partial charge < -0.3 is 20.3 Å². The Balaban J connectivity index is 4.54. The number of allylic oxidation sites excluding steroid dienone is 4. The van der Waals surface area contributed by atoms with Gasteiger partial charge >= 0.3 is 5.97 Å². The van der Waals surface area contributed by atoms with Gasteiger partial charge in [0.1, 0.15) is 6.10 Å². The van der Waals surface area contributed by atoms with E-state index in [1.54, 1.807) is 0 Å². The third-order valence-electron chi connectivity index (χ3n) is 10.5. The number of rotatable bonds is 41. The van der Waals surface area contributed by atoms with E-state index in [-0.39, 0.29) is 24.9 Å². The van der Waals surface area contributed by atoms with Crippen molar-refractivity contribution in [3.05, 3.63) is 24.3 Å². The molecule has 1 amide bonds. The Bertz CT molecular complexity index is 843. The number of aliphatic hydroxyl groups excluding tert-OH is 2. The second kappa shape index (κ2) is 41.5. The van der Waals surface area contributed by atoms with Crippen molar-refractivity contribution in [1.29, 1.82) is 0 Å². The number of hydrogen-bond acceptors (Lipinski definition) is 5. The maximum absolute atomic E-state index is 13.1. The third kappa shape index (κ3) is 37.1. The molecule has 312 valence electrons. The smallest absolute Gasteiger partial charge is 0.306 e. The molecule has 0 aliphatic rings. The monoisotopic (exact) mass is 748 g/mol. The summed E-state index contributed by atoms with van der Waals surface area (Å²) < 4.78 is 5.87. The number of aliphatic hydroxyl groups is 2. The van der Waals surface area contributed by atoms with Crippen LogP contribution in [0.2, 0.25) is 0 Å². The van der Waals surface area contributed by atoms with Gasteiger partial charge in [-0.3, -0.25) is 9.59 Å². The van der Waals surface area contributed by atoms with Crippen LogP contribution >= 0.6 is 0 Å². The molecule has 0 radical (unpaired) electrons. The molecule has 0 fully saturated rings. The molecule has 6 heteroatoms. The first-order valence-electron chi connectivity index (χ1n) is 23.1. The molecule has 3 N–H and O–H groups in total. The van der Waals surface area contributed by atoms with Crippen LogP contribution in [-0.4, -0.2) is 46.9 Å². The van der Waals surface area contributed by atoms with Crippen molar-refractivity contribution in [3.63, 3.8) is 0 Å². The van der Waals surface area contributed by atoms with Crippen LogP contribution in [0, 0.1) is 0 Å². The highest BCUT2D eigenvalue weighted by atomic mass is 16.5. The fraction of sp³-hybridized carbons (Fsp3) is 0.872. The second-order valence-corrected chi connectivity index (χ2v) is 15.8. The molecule has 0 aliphatic heterocycles. The minimum Gasteiger partial charge on any atom is -0.462 e. The highest BCUT2D eigenvalue weighted by Gasteiger charge is 2.24. The average Bonchev–Trinajstić information content (AvgIpc) is 3.15. The van der Waals surface area contributed by atoms with Gasteiger partial charge in [-0.1, -0.05) is 180 Å². The molecule has 0 bridgehead atoms. The summed E-state index contributed by atoms with van der Waals surface area (Å²) in [5.74, 6) is -0.506. The summed E-state index contributed by atoms with van der Waals surface area (Å²) in [6.07, 6.45) is 45.2. The van der Waals surface area contributed by atoms with Crippen LogP contribution in [0.4, 0.5) is 0 Å². The molecule has 3 atom stereocenters. The highest BCUT2D eigenvalue weighted by Crippen LogP contribution is 2.17. The van der Waals surface area contributed by atoms with Gasteiger partial charge in [0.2, 0.25) is 5.91 Å². The van der Waals surface area contributed by atoms with Crippen LogP contribution in [0.5, 0.6) is 0 Å². The molecular weight excluding hydrogens is 659 g/mol. The van der Waals surface area contributed by atoms with E-state index in [4.69, 9.17) is 4.74 Å². The molecule has 3 unspecified atom stereocenters. The largest absolute Gasteiger partial charge is 0.462 e. The summed E-state index contributed by atoms with van der Waals surface area (Å²) >= 11 is 0. The number of ether oxygens (including phenoxy) is 1. The number of unbranched alkanes of at least 4 members (excludes halogenated alkanes) is 25. The van der Waals surface area contributed by atoms with Crippen molar-refractivity contribution in [3.8, 4) is 0 Å². The van der Waals surface area contributed by atoms with Gasteiger partial charge in [0.05, 0.1) is 25.2 Å². The molecule has 0 aliphatic carbocycles. The van der Waals surface area contributed by atoms with Crippen molar-refractivity contribution >= 4 is 11.9 Å². The minimum atomic E-state index is -0.788. The normalized spacial score (nSPS) is 13.5. The lowest BCUT2D eigenvalue weighted by Gasteiger charge is -2.24. The Morgan fingerprint density at radius 2 is 0.925 bits per heavy atom. The van der Waals surface area contributed by atoms with E-state index in [1.807, 2.05) is 0 Å². The van der Waals surface area contributed by atoms with E-state index in [9.17, 15) is 19.8 Å². The van der Waals surface area contributed by atoms with Crippen LogP contribution < -0.4 is 5.32 Å². The lowest BCUT2D eigenvalue weighted by Crippen LogP contribution is -2.46. The van der Waals surface area contributed by atoms with Crippen LogP contribution in [0.15, 0.2) is 24.3 Å². The lowest BCUT2D eigenvalue weighted by atomic mass is 10.0. The topological polar surface area (TPSA) is 95.9 Å². The summed E-state index contributed by atoms with van der Waals surface area (Å²) in [5.41, 5.74) is 0. The zero-order valence-corrected chi connectivity index (χ0v) is 35.4. The number of amides is 1. The molecule has 0 rings (SSSR count). The summed E-state index contributed by atoms with van der Waals surface area (Å²) in [6.45, 7) is 6.41. The number of hydrogen-bond donors (Lipinski definition) is 3. The van der Waals surface area contributed by atoms with Gasteiger partial charge in [-0.2, -0.15) is 0 Å². The number of carbonyl (C=O) groups excluding carboxylic acids is 2. The van der Waals surface area contributed by atoms with Gasteiger partial charge in [-0.25, -0.2) is 0 Å². The van der Waals surface area contributed by atoms with Gasteiger partial charge in [0.15, 0.2) is 0 Å². The summed E-state index contributed by atoms with van der Waals surface area (Å²) in [6, 6.07) is -0.703. The number of esters is 1. The van der Waals surface area contributed by atoms with E-state index in [1.165, 1.54) is 116 Å². The van der Waals surface area contributed by atoms with Crippen LogP contribution in [-0.2, 0) is 14.3 Å². The van der Waals surface area contributed by atoms with E-state index in [0.717, 1.165) is 77.0 Å². The Hall–Kier alpha value is -1.66. The van der Waals surface area contributed by atoms with Crippen molar-refractivity contribution in [2.24, 2.45) is 0 Å². The predicted octanol–water partition coefficient (Wildman–Crippen LogP) is 13.2. The minimum absolute atomic E-state index is 0.0634. The SMILES string of the molecule is CCCC/C=C\CCCCCC(CC(=O)NC(CO)C(O)CCCCCCCCCCCCCC)OC(=O)CCCCC/C=C\CCCCCCCC. The summed E-state index contributed by atoms with van der Waals surface area (Å²) in [5, 5.41) is 23.6. The fourth-order valence-corrected chi connectivity index (χ4v) is 6.93. The van der Waals surface area contributed by atoms with Crippen LogP contribution in [0.25, 0.3) is 0 Å². The number of carbonyl (C=O) groups is 2. The van der Waals surface area contributed by atoms with Crippen LogP contribution in [0.3, 0.4) is 0 Å². The molecule has 0 saturated carbocycles. The van der Waals surface area contributed by atoms with Gasteiger partial charge in [0.25, 0.3) is 0 Å². The third-order valence-corrected chi connectivity index (χ3v) is 10.5. The summed E-state index contributed by atoms with van der Waals surface area (Å²) in [4.78, 5) is 25.9. The zero-order chi connectivity index (χ0) is 38.9. The highest BCUT2D eigenvalue weighted by molar-refractivity contribution is 5.77. The van der Waals surface area contributed by atoms with Gasteiger partial charge in [-0.15, -0.1) is 0 Å². The van der Waals surface area contributed by atoms with Crippen molar-refractivity contribution < 1.29 is 24.5 Å². The fourth-order valence-electron chi connectivity index (χ4n) is 6.93. The molecule has 0 heterocycles. The molecular formula is C47H89NO5. The number of nitrogens with one attached hydrogen (secondary N) is 1. The van der Waals surface area contributed by atoms with E-state index in [2.05, 4.69) is 50.4 Å². The van der Waals surface area contributed by atoms with Crippen molar-refractivity contribution in [1.82, 2.24) is 5.32 Å². The molecule has 53 heavy (non-hydrogen) atoms. The average molecular weight is 748 g/mol. The Morgan fingerprint density at radius 3 is 1.42 bits per heavy atom. The van der Waals surface area contributed by atoms with E-state index in [0.29, 0.717) is 19.3 Å². The first kappa shape index (κ1) is 51.3. The molecule has 6 nitrogen and oxygen atoms in total. The standard InChI is InChI=1S/C47H89NO5/c1-4-7-10-13-16-19-21-23-25-28-31-34-37-40-47(52)53-43(38-35-32-29-26-18-15-12-9-6-3)41-46(51)48-44(42-49)45(50)39-36-33-30-27-24-22-20-17-14-11-8-5-2/h15,18,23,25,43-45,49-50H,4-14,16-17,19-22,24,26-42H2,1-3H3,(H,48,51)/b18-15-,25-23-. The van der Waals surface area contributed by atoms with Crippen LogP contribution in [0.1, 0.15) is 239 Å². The Morgan fingerprint density at radius 1 is 0.528 bits per heavy atom. The van der Waals surface area contributed by atoms with Crippen molar-refractivity contribution in [2.75, 3.05) is 6.61 Å².